The van der Waals surface area contributed by atoms with Gasteiger partial charge in [-0.1, -0.05) is 48.5 Å². The Morgan fingerprint density at radius 3 is 2.46 bits per heavy atom. The van der Waals surface area contributed by atoms with Gasteiger partial charge < -0.3 is 10.2 Å². The molecule has 2 atom stereocenters. The van der Waals surface area contributed by atoms with Crippen molar-refractivity contribution < 1.29 is 4.79 Å². The van der Waals surface area contributed by atoms with E-state index in [4.69, 9.17) is 0 Å². The summed E-state index contributed by atoms with van der Waals surface area (Å²) in [5.74, 6) is 0.924. The van der Waals surface area contributed by atoms with Crippen LogP contribution < -0.4 is 10.2 Å². The van der Waals surface area contributed by atoms with E-state index in [1.165, 1.54) is 11.3 Å². The Hall–Kier alpha value is -2.33. The van der Waals surface area contributed by atoms with Gasteiger partial charge in [-0.05, 0) is 49.4 Å². The molecule has 0 unspecified atom stereocenters. The molecule has 4 nitrogen and oxygen atoms in total. The number of rotatable bonds is 6. The molecule has 2 heterocycles. The van der Waals surface area contributed by atoms with E-state index in [0.29, 0.717) is 5.92 Å². The van der Waals surface area contributed by atoms with E-state index in [9.17, 15) is 4.79 Å². The average molecular weight is 378 g/mol. The molecule has 2 aromatic rings. The fourth-order valence-corrected chi connectivity index (χ4v) is 4.52. The van der Waals surface area contributed by atoms with Crippen molar-refractivity contribution in [1.82, 2.24) is 10.2 Å². The summed E-state index contributed by atoms with van der Waals surface area (Å²) >= 11 is 0. The lowest BCUT2D eigenvalue weighted by Crippen LogP contribution is -2.43. The van der Waals surface area contributed by atoms with Crippen LogP contribution in [-0.2, 0) is 11.3 Å². The molecule has 148 valence electrons. The molecule has 0 spiro atoms. The monoisotopic (exact) mass is 377 g/mol. The third-order valence-electron chi connectivity index (χ3n) is 6.10. The van der Waals surface area contributed by atoms with Gasteiger partial charge in [0.1, 0.15) is 0 Å². The smallest absolute Gasteiger partial charge is 0.224 e. The van der Waals surface area contributed by atoms with Gasteiger partial charge in [0.25, 0.3) is 0 Å². The zero-order valence-corrected chi connectivity index (χ0v) is 16.6. The standard InChI is InChI=1S/C24H31N3O/c28-24(22-10-7-14-26(19-22)17-20-8-3-1-4-9-20)25-16-21-13-15-27(18-21)23-11-5-2-6-12-23/h1-6,8-9,11-12,21-22H,7,10,13-19H2,(H,25,28)/t21-,22-/m0/s1. The highest BCUT2D eigenvalue weighted by molar-refractivity contribution is 5.79. The minimum atomic E-state index is 0.129. The molecule has 2 fully saturated rings. The summed E-state index contributed by atoms with van der Waals surface area (Å²) in [5.41, 5.74) is 2.62. The van der Waals surface area contributed by atoms with Crippen molar-refractivity contribution in [3.8, 4) is 0 Å². The van der Waals surface area contributed by atoms with Crippen molar-refractivity contribution in [3.63, 3.8) is 0 Å². The Bertz CT molecular complexity index is 749. The highest BCUT2D eigenvalue weighted by Gasteiger charge is 2.28. The number of hydrogen-bond acceptors (Lipinski definition) is 3. The predicted octanol–water partition coefficient (Wildman–Crippen LogP) is 3.54. The highest BCUT2D eigenvalue weighted by Crippen LogP contribution is 2.23. The fraction of sp³-hybridized carbons (Fsp3) is 0.458. The SMILES string of the molecule is O=C(NC[C@@H]1CCN(c2ccccc2)C1)[C@H]1CCCN(Cc2ccccc2)C1. The van der Waals surface area contributed by atoms with Crippen LogP contribution in [0.5, 0.6) is 0 Å². The number of para-hydroxylation sites is 1. The van der Waals surface area contributed by atoms with Crippen LogP contribution in [0, 0.1) is 11.8 Å². The maximum atomic E-state index is 12.8. The van der Waals surface area contributed by atoms with Crippen LogP contribution in [0.1, 0.15) is 24.8 Å². The van der Waals surface area contributed by atoms with Crippen LogP contribution in [0.2, 0.25) is 0 Å². The van der Waals surface area contributed by atoms with Crippen LogP contribution in [-0.4, -0.2) is 43.5 Å². The van der Waals surface area contributed by atoms with E-state index in [-0.39, 0.29) is 11.8 Å². The normalized spacial score (nSPS) is 22.9. The molecule has 4 rings (SSSR count). The Labute approximate surface area is 168 Å². The van der Waals surface area contributed by atoms with Gasteiger partial charge in [-0.25, -0.2) is 0 Å². The van der Waals surface area contributed by atoms with Crippen molar-refractivity contribution >= 4 is 11.6 Å². The summed E-state index contributed by atoms with van der Waals surface area (Å²) in [6.45, 7) is 5.83. The number of carbonyl (C=O) groups is 1. The summed E-state index contributed by atoms with van der Waals surface area (Å²) < 4.78 is 0. The van der Waals surface area contributed by atoms with E-state index >= 15 is 0 Å². The second kappa shape index (κ2) is 9.24. The molecule has 2 saturated heterocycles. The van der Waals surface area contributed by atoms with Crippen LogP contribution in [0.25, 0.3) is 0 Å². The number of nitrogens with zero attached hydrogens (tertiary/aromatic N) is 2. The Balaban J connectivity index is 1.23. The molecule has 2 aliphatic heterocycles. The first-order valence-electron chi connectivity index (χ1n) is 10.6. The summed E-state index contributed by atoms with van der Waals surface area (Å²) in [6.07, 6.45) is 3.27. The number of anilines is 1. The molecule has 28 heavy (non-hydrogen) atoms. The summed E-state index contributed by atoms with van der Waals surface area (Å²) in [5, 5.41) is 3.26. The van der Waals surface area contributed by atoms with Crippen molar-refractivity contribution in [2.24, 2.45) is 11.8 Å². The average Bonchev–Trinajstić information content (AvgIpc) is 3.23. The number of carbonyl (C=O) groups excluding carboxylic acids is 1. The van der Waals surface area contributed by atoms with E-state index in [2.05, 4.69) is 75.8 Å². The summed E-state index contributed by atoms with van der Waals surface area (Å²) in [4.78, 5) is 17.6. The lowest BCUT2D eigenvalue weighted by Gasteiger charge is -2.32. The van der Waals surface area contributed by atoms with E-state index < -0.39 is 0 Å². The molecule has 0 radical (unpaired) electrons. The zero-order chi connectivity index (χ0) is 19.2. The highest BCUT2D eigenvalue weighted by atomic mass is 16.1. The predicted molar refractivity (Wildman–Crippen MR) is 114 cm³/mol. The van der Waals surface area contributed by atoms with Crippen LogP contribution >= 0.6 is 0 Å². The topological polar surface area (TPSA) is 35.6 Å². The third-order valence-corrected chi connectivity index (χ3v) is 6.10. The Kier molecular flexibility index (Phi) is 6.27. The molecule has 1 amide bonds. The molecular weight excluding hydrogens is 346 g/mol. The van der Waals surface area contributed by atoms with Gasteiger partial charge in [-0.2, -0.15) is 0 Å². The maximum Gasteiger partial charge on any atom is 0.224 e. The minimum absolute atomic E-state index is 0.129. The van der Waals surface area contributed by atoms with E-state index in [0.717, 1.165) is 58.5 Å². The molecule has 0 aliphatic carbocycles. The van der Waals surface area contributed by atoms with Crippen molar-refractivity contribution in [1.29, 1.82) is 0 Å². The fourth-order valence-electron chi connectivity index (χ4n) is 4.52. The molecule has 0 saturated carbocycles. The number of piperidine rings is 1. The summed E-state index contributed by atoms with van der Waals surface area (Å²) in [7, 11) is 0. The first kappa shape index (κ1) is 19.0. The number of benzene rings is 2. The van der Waals surface area contributed by atoms with Gasteiger partial charge in [0, 0.05) is 38.4 Å². The Morgan fingerprint density at radius 1 is 0.929 bits per heavy atom. The largest absolute Gasteiger partial charge is 0.371 e. The van der Waals surface area contributed by atoms with Crippen LogP contribution in [0.3, 0.4) is 0 Å². The van der Waals surface area contributed by atoms with E-state index in [1.54, 1.807) is 0 Å². The molecular formula is C24H31N3O. The van der Waals surface area contributed by atoms with Crippen molar-refractivity contribution in [3.05, 3.63) is 66.2 Å². The molecule has 0 aromatic heterocycles. The first-order chi connectivity index (χ1) is 13.8. The number of nitrogens with one attached hydrogen (secondary N) is 1. The second-order valence-electron chi connectivity index (χ2n) is 8.24. The third kappa shape index (κ3) is 4.93. The lowest BCUT2D eigenvalue weighted by atomic mass is 9.96. The molecule has 0 bridgehead atoms. The molecule has 2 aromatic carbocycles. The number of hydrogen-bond donors (Lipinski definition) is 1. The van der Waals surface area contributed by atoms with Gasteiger partial charge in [-0.15, -0.1) is 0 Å². The molecule has 4 heteroatoms. The van der Waals surface area contributed by atoms with Crippen molar-refractivity contribution in [2.75, 3.05) is 37.6 Å². The second-order valence-corrected chi connectivity index (χ2v) is 8.24. The Morgan fingerprint density at radius 2 is 1.68 bits per heavy atom. The van der Waals surface area contributed by atoms with Crippen molar-refractivity contribution in [2.45, 2.75) is 25.8 Å². The number of amides is 1. The molecule has 1 N–H and O–H groups in total. The van der Waals surface area contributed by atoms with Gasteiger partial charge in [-0.3, -0.25) is 9.69 Å². The van der Waals surface area contributed by atoms with Crippen LogP contribution in [0.4, 0.5) is 5.69 Å². The quantitative estimate of drug-likeness (QED) is 0.836. The van der Waals surface area contributed by atoms with Gasteiger partial charge in [0.15, 0.2) is 0 Å². The van der Waals surface area contributed by atoms with Gasteiger partial charge >= 0.3 is 0 Å². The van der Waals surface area contributed by atoms with Gasteiger partial charge in [0.2, 0.25) is 5.91 Å². The summed E-state index contributed by atoms with van der Waals surface area (Å²) in [6, 6.07) is 21.1. The minimum Gasteiger partial charge on any atom is -0.371 e. The lowest BCUT2D eigenvalue weighted by molar-refractivity contribution is -0.126. The van der Waals surface area contributed by atoms with Crippen LogP contribution in [0.15, 0.2) is 60.7 Å². The zero-order valence-electron chi connectivity index (χ0n) is 16.6. The molecule has 2 aliphatic rings. The van der Waals surface area contributed by atoms with E-state index in [1.807, 2.05) is 0 Å². The maximum absolute atomic E-state index is 12.8. The number of likely N-dealkylation sites (tertiary alicyclic amines) is 1. The van der Waals surface area contributed by atoms with Gasteiger partial charge in [0.05, 0.1) is 5.92 Å². The first-order valence-corrected chi connectivity index (χ1v) is 10.6.